The highest BCUT2D eigenvalue weighted by Gasteiger charge is 2.34. The summed E-state index contributed by atoms with van der Waals surface area (Å²) in [6.07, 6.45) is 55.4. The molecule has 8 atom stereocenters. The fraction of sp³-hybridized carbons (Fsp3) is 0.903. The zero-order chi connectivity index (χ0) is 48.8. The van der Waals surface area contributed by atoms with Crippen molar-refractivity contribution in [3.63, 3.8) is 0 Å². The summed E-state index contributed by atoms with van der Waals surface area (Å²) in [7, 11) is 0. The second-order valence-electron chi connectivity index (χ2n) is 19.5. The number of hydrogen-bond acceptors (Lipinski definition) is 1. The molecule has 0 aromatic rings. The Labute approximate surface area is 404 Å². The Bertz CT molecular complexity index is 828. The number of unbranched alkanes of at least 4 members (excludes halogenated alkanes) is 12. The van der Waals surface area contributed by atoms with Crippen LogP contribution in [-0.4, -0.2) is 12.2 Å². The van der Waals surface area contributed by atoms with Crippen molar-refractivity contribution < 1.29 is 4.74 Å². The third kappa shape index (κ3) is 67.9. The minimum Gasteiger partial charge on any atom is -0.370 e. The summed E-state index contributed by atoms with van der Waals surface area (Å²) in [6.45, 7) is 40.0. The molecule has 0 spiro atoms. The van der Waals surface area contributed by atoms with E-state index in [0.29, 0.717) is 12.2 Å². The molecule has 0 bridgehead atoms. The van der Waals surface area contributed by atoms with Gasteiger partial charge in [-0.3, -0.25) is 0 Å². The Morgan fingerprint density at radius 2 is 0.762 bits per heavy atom. The molecule has 1 heterocycles. The molecular weight excluding hydrogens is 761 g/mol. The minimum absolute atomic E-state index is 0.569. The summed E-state index contributed by atoms with van der Waals surface area (Å²) in [5, 5.41) is 0. The smallest absolute Gasteiger partial charge is 0.0838 e. The van der Waals surface area contributed by atoms with Gasteiger partial charge in [-0.1, -0.05) is 282 Å². The number of rotatable bonds is 25. The Morgan fingerprint density at radius 1 is 0.365 bits per heavy atom. The summed E-state index contributed by atoms with van der Waals surface area (Å²) in [6, 6.07) is 0. The fourth-order valence-corrected chi connectivity index (χ4v) is 7.24. The maximum Gasteiger partial charge on any atom is 0.0838 e. The molecule has 1 aliphatic heterocycles. The van der Waals surface area contributed by atoms with Crippen LogP contribution in [0.2, 0.25) is 0 Å². The van der Waals surface area contributed by atoms with Crippen molar-refractivity contribution in [1.29, 1.82) is 0 Å². The lowest BCUT2D eigenvalue weighted by Crippen LogP contribution is -1.85. The van der Waals surface area contributed by atoms with Gasteiger partial charge >= 0.3 is 0 Å². The van der Waals surface area contributed by atoms with E-state index < -0.39 is 0 Å². The SMILES string of the molecule is C/C=C\CCC.C/C=C\CCCC.CC/C=C\CCC.CCCC1CC1C.CCCC1CC1CC.CCCC1OC1C.CCCCC1CC1C.CCCCCC.CCCCCCC. The summed E-state index contributed by atoms with van der Waals surface area (Å²) in [4.78, 5) is 0. The van der Waals surface area contributed by atoms with Crippen LogP contribution >= 0.6 is 0 Å². The van der Waals surface area contributed by atoms with Crippen LogP contribution < -0.4 is 0 Å². The zero-order valence-corrected chi connectivity index (χ0v) is 47.7. The molecule has 0 aromatic heterocycles. The highest BCUT2D eigenvalue weighted by molar-refractivity contribution is 4.84. The van der Waals surface area contributed by atoms with Crippen LogP contribution in [0.1, 0.15) is 317 Å². The lowest BCUT2D eigenvalue weighted by Gasteiger charge is -1.91. The Hall–Kier alpha value is -0.820. The Balaban J connectivity index is -0.000000201. The summed E-state index contributed by atoms with van der Waals surface area (Å²) >= 11 is 0. The molecule has 4 aliphatic rings. The quantitative estimate of drug-likeness (QED) is 0.0505. The van der Waals surface area contributed by atoms with E-state index >= 15 is 0 Å². The van der Waals surface area contributed by atoms with Crippen LogP contribution in [0.3, 0.4) is 0 Å². The van der Waals surface area contributed by atoms with Gasteiger partial charge in [0.05, 0.1) is 12.2 Å². The van der Waals surface area contributed by atoms with E-state index in [9.17, 15) is 0 Å². The molecule has 0 radical (unpaired) electrons. The Kier molecular flexibility index (Phi) is 69.1. The molecule has 0 N–H and O–H groups in total. The molecule has 4 fully saturated rings. The monoisotopic (exact) mass is 889 g/mol. The van der Waals surface area contributed by atoms with E-state index in [1.54, 1.807) is 0 Å². The van der Waals surface area contributed by atoms with E-state index in [1.807, 2.05) is 0 Å². The number of epoxide rings is 1. The second kappa shape index (κ2) is 61.2. The van der Waals surface area contributed by atoms with Gasteiger partial charge in [0, 0.05) is 0 Å². The fourth-order valence-electron chi connectivity index (χ4n) is 7.24. The molecular formula is C62H128O. The summed E-state index contributed by atoms with van der Waals surface area (Å²) in [5.41, 5.74) is 0. The van der Waals surface area contributed by atoms with Gasteiger partial charge in [-0.15, -0.1) is 0 Å². The second-order valence-corrected chi connectivity index (χ2v) is 19.5. The van der Waals surface area contributed by atoms with Crippen LogP contribution in [0.15, 0.2) is 36.5 Å². The maximum absolute atomic E-state index is 5.16. The zero-order valence-electron chi connectivity index (χ0n) is 47.7. The molecule has 1 heteroatoms. The van der Waals surface area contributed by atoms with Crippen molar-refractivity contribution in [2.24, 2.45) is 35.5 Å². The van der Waals surface area contributed by atoms with Gasteiger partial charge in [-0.05, 0) is 108 Å². The maximum atomic E-state index is 5.16. The number of allylic oxidation sites excluding steroid dienone is 6. The molecule has 3 saturated carbocycles. The van der Waals surface area contributed by atoms with Gasteiger partial charge in [-0.2, -0.15) is 0 Å². The van der Waals surface area contributed by atoms with E-state index in [2.05, 4.69) is 161 Å². The van der Waals surface area contributed by atoms with Gasteiger partial charge in [0.1, 0.15) is 0 Å². The predicted octanol–water partition coefficient (Wildman–Crippen LogP) is 23.1. The third-order valence-corrected chi connectivity index (χ3v) is 12.5. The first-order valence-corrected chi connectivity index (χ1v) is 29.0. The minimum atomic E-state index is 0.569. The largest absolute Gasteiger partial charge is 0.370 e. The van der Waals surface area contributed by atoms with Gasteiger partial charge in [0.15, 0.2) is 0 Å². The van der Waals surface area contributed by atoms with E-state index in [0.717, 1.165) is 35.5 Å². The van der Waals surface area contributed by atoms with Crippen LogP contribution in [0, 0.1) is 35.5 Å². The molecule has 382 valence electrons. The van der Waals surface area contributed by atoms with Crippen LogP contribution in [-0.2, 0) is 4.74 Å². The average Bonchev–Trinajstić information content (AvgIpc) is 4.19. The number of hydrogen-bond donors (Lipinski definition) is 0. The van der Waals surface area contributed by atoms with Crippen molar-refractivity contribution in [3.8, 4) is 0 Å². The molecule has 1 nitrogen and oxygen atoms in total. The number of ether oxygens (including phenoxy) is 1. The van der Waals surface area contributed by atoms with Gasteiger partial charge in [-0.25, -0.2) is 0 Å². The first-order chi connectivity index (χ1) is 30.5. The molecule has 8 unspecified atom stereocenters. The topological polar surface area (TPSA) is 12.5 Å². The lowest BCUT2D eigenvalue weighted by molar-refractivity contribution is 0.369. The van der Waals surface area contributed by atoms with Crippen molar-refractivity contribution >= 4 is 0 Å². The van der Waals surface area contributed by atoms with Crippen molar-refractivity contribution in [1.82, 2.24) is 0 Å². The standard InChI is InChI=1S/2C8H16.C7H14.C7H16.2C7H14.C6H12O.C6H14.C6H12/c1-3-4-5-8-6-7(8)2;1-3-5-8-6-7(8)4-2;1-3-4-7-5-6(7)2;3*1-3-5-7-6-4-2;1-3-4-6-5(2)7-6;2*1-3-5-6-4-2/h2*7-8H,3-6H2,1-2H3;6-7H,3-5H2,1-2H3;3-7H2,1-2H3;5,7H,3-4,6H2,1-2H3;3,5H,4,6-7H2,1-2H3;5-6H,3-4H2,1-2H3;3-6H2,1-2H3;3,5H,4,6H2,1-2H3/b;;;;7-5-;5-3-;;;5-3-. The van der Waals surface area contributed by atoms with Crippen molar-refractivity contribution in [2.75, 3.05) is 0 Å². The first-order valence-electron chi connectivity index (χ1n) is 29.0. The lowest BCUT2D eigenvalue weighted by atomic mass is 10.2. The highest BCUT2D eigenvalue weighted by atomic mass is 16.6. The molecule has 1 saturated heterocycles. The molecule has 3 aliphatic carbocycles. The van der Waals surface area contributed by atoms with E-state index in [1.165, 1.54) is 193 Å². The van der Waals surface area contributed by atoms with Gasteiger partial charge in [0.2, 0.25) is 0 Å². The third-order valence-electron chi connectivity index (χ3n) is 12.5. The van der Waals surface area contributed by atoms with Crippen LogP contribution in [0.25, 0.3) is 0 Å². The van der Waals surface area contributed by atoms with Crippen LogP contribution in [0.4, 0.5) is 0 Å². The van der Waals surface area contributed by atoms with Crippen molar-refractivity contribution in [2.45, 2.75) is 329 Å². The molecule has 63 heavy (non-hydrogen) atoms. The van der Waals surface area contributed by atoms with E-state index in [-0.39, 0.29) is 0 Å². The van der Waals surface area contributed by atoms with Gasteiger partial charge < -0.3 is 4.74 Å². The highest BCUT2D eigenvalue weighted by Crippen LogP contribution is 2.44. The summed E-state index contributed by atoms with van der Waals surface area (Å²) in [5.74, 6) is 6.63. The first kappa shape index (κ1) is 71.2. The normalized spacial score (nSPS) is 22.8. The molecule has 0 amide bonds. The van der Waals surface area contributed by atoms with Crippen LogP contribution in [0.5, 0.6) is 0 Å². The average molecular weight is 890 g/mol. The molecule has 4 rings (SSSR count). The predicted molar refractivity (Wildman–Crippen MR) is 298 cm³/mol. The van der Waals surface area contributed by atoms with Crippen molar-refractivity contribution in [3.05, 3.63) is 36.5 Å². The summed E-state index contributed by atoms with van der Waals surface area (Å²) < 4.78 is 5.16. The van der Waals surface area contributed by atoms with E-state index in [4.69, 9.17) is 4.74 Å². The van der Waals surface area contributed by atoms with Gasteiger partial charge in [0.25, 0.3) is 0 Å². The molecule has 0 aromatic carbocycles. The Morgan fingerprint density at radius 3 is 1.05 bits per heavy atom.